The van der Waals surface area contributed by atoms with Crippen molar-refractivity contribution in [3.05, 3.63) is 40.8 Å². The van der Waals surface area contributed by atoms with Gasteiger partial charge in [-0.2, -0.15) is 0 Å². The highest BCUT2D eigenvalue weighted by Crippen LogP contribution is 2.26. The lowest BCUT2D eigenvalue weighted by molar-refractivity contribution is -0.145. The molecule has 1 aromatic carbocycles. The monoisotopic (exact) mass is 289 g/mol. The molecule has 1 saturated heterocycles. The van der Waals surface area contributed by atoms with Gasteiger partial charge >= 0.3 is 5.97 Å². The van der Waals surface area contributed by atoms with Crippen molar-refractivity contribution in [2.45, 2.75) is 18.4 Å². The molecule has 7 nitrogen and oxygen atoms in total. The van der Waals surface area contributed by atoms with Gasteiger partial charge in [0.25, 0.3) is 0 Å². The third-order valence-electron chi connectivity index (χ3n) is 3.89. The number of para-hydroxylation sites is 1. The molecule has 0 aromatic heterocycles. The molecular formula is C14H19N5O2. The Labute approximate surface area is 123 Å². The molecule has 2 N–H and O–H groups in total. The first kappa shape index (κ1) is 15.2. The van der Waals surface area contributed by atoms with Gasteiger partial charge in [0, 0.05) is 36.8 Å². The zero-order valence-corrected chi connectivity index (χ0v) is 11.8. The molecule has 0 atom stereocenters. The summed E-state index contributed by atoms with van der Waals surface area (Å²) in [7, 11) is 0. The Kier molecular flexibility index (Phi) is 5.03. The van der Waals surface area contributed by atoms with E-state index in [1.807, 2.05) is 30.3 Å². The van der Waals surface area contributed by atoms with E-state index < -0.39 is 11.5 Å². The number of piperidine rings is 1. The normalized spacial score (nSPS) is 17.0. The van der Waals surface area contributed by atoms with Gasteiger partial charge in [0.2, 0.25) is 0 Å². The van der Waals surface area contributed by atoms with Crippen LogP contribution in [0.1, 0.15) is 12.8 Å². The summed E-state index contributed by atoms with van der Waals surface area (Å²) in [5.74, 6) is -0.837. The number of nitrogens with one attached hydrogen (secondary N) is 1. The Morgan fingerprint density at radius 2 is 2.05 bits per heavy atom. The molecule has 0 spiro atoms. The SMILES string of the molecule is [N-]=[N+]=NCCNC1(C(=O)O)CCN(c2ccccc2)CC1. The molecule has 1 aliphatic heterocycles. The Balaban J connectivity index is 1.97. The van der Waals surface area contributed by atoms with Crippen molar-refractivity contribution in [1.82, 2.24) is 5.32 Å². The van der Waals surface area contributed by atoms with Gasteiger partial charge < -0.3 is 15.3 Å². The lowest BCUT2D eigenvalue weighted by Gasteiger charge is -2.40. The quantitative estimate of drug-likeness (QED) is 0.362. The first-order valence-corrected chi connectivity index (χ1v) is 6.97. The highest BCUT2D eigenvalue weighted by atomic mass is 16.4. The predicted molar refractivity (Wildman–Crippen MR) is 80.3 cm³/mol. The summed E-state index contributed by atoms with van der Waals surface area (Å²) < 4.78 is 0. The fourth-order valence-electron chi connectivity index (χ4n) is 2.64. The minimum absolute atomic E-state index is 0.258. The van der Waals surface area contributed by atoms with E-state index in [4.69, 9.17) is 5.53 Å². The van der Waals surface area contributed by atoms with Crippen molar-refractivity contribution in [2.75, 3.05) is 31.1 Å². The predicted octanol–water partition coefficient (Wildman–Crippen LogP) is 2.01. The number of aliphatic carboxylic acids is 1. The van der Waals surface area contributed by atoms with Crippen molar-refractivity contribution in [3.8, 4) is 0 Å². The third-order valence-corrected chi connectivity index (χ3v) is 3.89. The zero-order valence-electron chi connectivity index (χ0n) is 11.8. The number of rotatable bonds is 6. The van der Waals surface area contributed by atoms with Gasteiger partial charge in [-0.15, -0.1) is 0 Å². The van der Waals surface area contributed by atoms with Gasteiger partial charge in [0.1, 0.15) is 5.54 Å². The summed E-state index contributed by atoms with van der Waals surface area (Å²) in [6.45, 7) is 2.01. The Morgan fingerprint density at radius 1 is 1.38 bits per heavy atom. The molecule has 1 aromatic rings. The van der Waals surface area contributed by atoms with Crippen molar-refractivity contribution >= 4 is 11.7 Å². The van der Waals surface area contributed by atoms with Crippen LogP contribution in [0.4, 0.5) is 5.69 Å². The van der Waals surface area contributed by atoms with Crippen LogP contribution in [0.25, 0.3) is 10.4 Å². The maximum atomic E-state index is 11.6. The molecule has 0 unspecified atom stereocenters. The number of azide groups is 1. The second-order valence-electron chi connectivity index (χ2n) is 5.09. The smallest absolute Gasteiger partial charge is 0.324 e. The first-order chi connectivity index (χ1) is 10.2. The van der Waals surface area contributed by atoms with Crippen LogP contribution >= 0.6 is 0 Å². The molecule has 1 fully saturated rings. The van der Waals surface area contributed by atoms with Gasteiger partial charge in [-0.3, -0.25) is 4.79 Å². The van der Waals surface area contributed by atoms with E-state index in [1.165, 1.54) is 0 Å². The van der Waals surface area contributed by atoms with Crippen LogP contribution in [0.2, 0.25) is 0 Å². The molecule has 21 heavy (non-hydrogen) atoms. The topological polar surface area (TPSA) is 101 Å². The second kappa shape index (κ2) is 6.97. The van der Waals surface area contributed by atoms with Crippen LogP contribution in [0.5, 0.6) is 0 Å². The number of carboxylic acids is 1. The van der Waals surface area contributed by atoms with E-state index in [2.05, 4.69) is 20.2 Å². The van der Waals surface area contributed by atoms with Crippen molar-refractivity contribution < 1.29 is 9.90 Å². The summed E-state index contributed by atoms with van der Waals surface area (Å²) in [5, 5.41) is 16.0. The lowest BCUT2D eigenvalue weighted by Crippen LogP contribution is -2.59. The number of carbonyl (C=O) groups is 1. The van der Waals surface area contributed by atoms with Crippen molar-refractivity contribution in [2.24, 2.45) is 5.11 Å². The number of benzene rings is 1. The molecule has 0 bridgehead atoms. The van der Waals surface area contributed by atoms with Crippen LogP contribution in [0, 0.1) is 0 Å². The molecule has 0 radical (unpaired) electrons. The van der Waals surface area contributed by atoms with Crippen LogP contribution in [-0.4, -0.2) is 42.8 Å². The van der Waals surface area contributed by atoms with Crippen LogP contribution < -0.4 is 10.2 Å². The zero-order chi connectivity index (χ0) is 15.1. The first-order valence-electron chi connectivity index (χ1n) is 6.97. The molecule has 0 amide bonds. The molecule has 1 heterocycles. The van der Waals surface area contributed by atoms with E-state index in [0.29, 0.717) is 32.5 Å². The van der Waals surface area contributed by atoms with Gasteiger partial charge in [0.15, 0.2) is 0 Å². The summed E-state index contributed by atoms with van der Waals surface area (Å²) >= 11 is 0. The molecule has 7 heteroatoms. The fraction of sp³-hybridized carbons (Fsp3) is 0.500. The van der Waals surface area contributed by atoms with Gasteiger partial charge in [-0.25, -0.2) is 0 Å². The van der Waals surface area contributed by atoms with E-state index in [9.17, 15) is 9.90 Å². The maximum absolute atomic E-state index is 11.6. The maximum Gasteiger partial charge on any atom is 0.324 e. The minimum Gasteiger partial charge on any atom is -0.480 e. The molecule has 2 rings (SSSR count). The van der Waals surface area contributed by atoms with E-state index in [-0.39, 0.29) is 6.54 Å². The van der Waals surface area contributed by atoms with Gasteiger partial charge in [-0.05, 0) is 30.5 Å². The third kappa shape index (κ3) is 3.65. The average Bonchev–Trinajstić information content (AvgIpc) is 2.53. The Bertz CT molecular complexity index is 519. The Morgan fingerprint density at radius 3 is 2.62 bits per heavy atom. The van der Waals surface area contributed by atoms with E-state index >= 15 is 0 Å². The number of carboxylic acid groups (broad SMARTS) is 1. The minimum atomic E-state index is -0.920. The number of nitrogens with zero attached hydrogens (tertiary/aromatic N) is 4. The van der Waals surface area contributed by atoms with E-state index in [0.717, 1.165) is 5.69 Å². The molecule has 112 valence electrons. The van der Waals surface area contributed by atoms with Crippen LogP contribution in [0.3, 0.4) is 0 Å². The summed E-state index contributed by atoms with van der Waals surface area (Å²) in [6.07, 6.45) is 1.04. The molecule has 0 saturated carbocycles. The highest BCUT2D eigenvalue weighted by Gasteiger charge is 2.40. The average molecular weight is 289 g/mol. The van der Waals surface area contributed by atoms with E-state index in [1.54, 1.807) is 0 Å². The second-order valence-corrected chi connectivity index (χ2v) is 5.09. The van der Waals surface area contributed by atoms with Gasteiger partial charge in [-0.1, -0.05) is 23.3 Å². The van der Waals surface area contributed by atoms with Crippen molar-refractivity contribution in [3.63, 3.8) is 0 Å². The lowest BCUT2D eigenvalue weighted by atomic mass is 9.87. The number of anilines is 1. The number of hydrogen-bond acceptors (Lipinski definition) is 4. The molecule has 0 aliphatic carbocycles. The largest absolute Gasteiger partial charge is 0.480 e. The summed E-state index contributed by atoms with van der Waals surface area (Å²) in [6, 6.07) is 9.98. The summed E-state index contributed by atoms with van der Waals surface area (Å²) in [4.78, 5) is 16.5. The number of hydrogen-bond donors (Lipinski definition) is 2. The van der Waals surface area contributed by atoms with Crippen molar-refractivity contribution in [1.29, 1.82) is 0 Å². The Hall–Kier alpha value is -2.24. The fourth-order valence-corrected chi connectivity index (χ4v) is 2.64. The molecule has 1 aliphatic rings. The van der Waals surface area contributed by atoms with Crippen LogP contribution in [-0.2, 0) is 4.79 Å². The standard InChI is InChI=1S/C14H19N5O2/c15-18-17-9-8-16-14(13(20)21)6-10-19(11-7-14)12-4-2-1-3-5-12/h1-5,16H,6-11H2,(H,20,21). The molecular weight excluding hydrogens is 270 g/mol. The summed E-state index contributed by atoms with van der Waals surface area (Å²) in [5.41, 5.74) is 8.44. The van der Waals surface area contributed by atoms with Crippen LogP contribution in [0.15, 0.2) is 35.4 Å². The van der Waals surface area contributed by atoms with Gasteiger partial charge in [0.05, 0.1) is 0 Å². The highest BCUT2D eigenvalue weighted by molar-refractivity contribution is 5.79.